The van der Waals surface area contributed by atoms with Crippen LogP contribution in [0.1, 0.15) is 6.42 Å². The summed E-state index contributed by atoms with van der Waals surface area (Å²) >= 11 is 0. The maximum absolute atomic E-state index is 6.58. The van der Waals surface area contributed by atoms with Gasteiger partial charge in [-0.05, 0) is 65.3 Å². The van der Waals surface area contributed by atoms with E-state index in [0.717, 1.165) is 12.5 Å². The van der Waals surface area contributed by atoms with Crippen molar-refractivity contribution in [1.82, 2.24) is 0 Å². The van der Waals surface area contributed by atoms with Crippen LogP contribution in [-0.4, -0.2) is 40.4 Å². The Balaban J connectivity index is 5.33. The fourth-order valence-electron chi connectivity index (χ4n) is 2.07. The van der Waals surface area contributed by atoms with Gasteiger partial charge in [-0.25, -0.2) is 0 Å². The van der Waals surface area contributed by atoms with E-state index in [4.69, 9.17) is 17.1 Å². The van der Waals surface area contributed by atoms with Gasteiger partial charge in [0.15, 0.2) is 25.0 Å². The van der Waals surface area contributed by atoms with Crippen molar-refractivity contribution < 1.29 is 17.1 Å². The fourth-order valence-corrected chi connectivity index (χ4v) is 16.7. The van der Waals surface area contributed by atoms with Gasteiger partial charge in [0.2, 0.25) is 0 Å². The standard InChI is InChI=1S/C14H36O4Si4/c1-11-15-13-12-14-22(16-19(2,3)4,17-20(5,6)7)18-21(8,9)10/h11H,1,12-14H2,2-10H3. The van der Waals surface area contributed by atoms with Crippen molar-refractivity contribution in [1.29, 1.82) is 0 Å². The molecule has 0 aromatic heterocycles. The molecule has 0 rings (SSSR count). The van der Waals surface area contributed by atoms with Crippen molar-refractivity contribution in [2.75, 3.05) is 6.61 Å². The number of hydrogen-bond acceptors (Lipinski definition) is 4. The quantitative estimate of drug-likeness (QED) is 0.286. The molecule has 0 heterocycles. The van der Waals surface area contributed by atoms with Gasteiger partial charge < -0.3 is 17.1 Å². The molecule has 0 bridgehead atoms. The smallest absolute Gasteiger partial charge is 0.469 e. The highest BCUT2D eigenvalue weighted by molar-refractivity contribution is 6.90. The van der Waals surface area contributed by atoms with Crippen LogP contribution in [0.5, 0.6) is 0 Å². The van der Waals surface area contributed by atoms with Crippen LogP contribution in [0.2, 0.25) is 65.0 Å². The fraction of sp³-hybridized carbons (Fsp3) is 0.857. The van der Waals surface area contributed by atoms with Gasteiger partial charge in [0.05, 0.1) is 12.9 Å². The molecule has 0 aromatic rings. The Labute approximate surface area is 142 Å². The Hall–Kier alpha value is 0.288. The molecule has 0 aliphatic rings. The topological polar surface area (TPSA) is 36.9 Å². The molecule has 8 heteroatoms. The number of rotatable bonds is 11. The van der Waals surface area contributed by atoms with Crippen LogP contribution in [0.3, 0.4) is 0 Å². The first-order chi connectivity index (χ1) is 9.68. The van der Waals surface area contributed by atoms with E-state index in [2.05, 4.69) is 65.5 Å². The summed E-state index contributed by atoms with van der Waals surface area (Å²) in [7, 11) is -7.98. The van der Waals surface area contributed by atoms with Crippen LogP contribution in [0.15, 0.2) is 12.8 Å². The van der Waals surface area contributed by atoms with Crippen molar-refractivity contribution in [2.24, 2.45) is 0 Å². The Bertz CT molecular complexity index is 301. The average Bonchev–Trinajstić information content (AvgIpc) is 2.16. The lowest BCUT2D eigenvalue weighted by atomic mass is 10.5. The van der Waals surface area contributed by atoms with E-state index in [-0.39, 0.29) is 0 Å². The van der Waals surface area contributed by atoms with E-state index in [0.29, 0.717) is 6.61 Å². The summed E-state index contributed by atoms with van der Waals surface area (Å²) in [5.41, 5.74) is 0. The van der Waals surface area contributed by atoms with Crippen molar-refractivity contribution in [3.63, 3.8) is 0 Å². The molecule has 0 saturated heterocycles. The van der Waals surface area contributed by atoms with Gasteiger partial charge in [0.1, 0.15) is 0 Å². The van der Waals surface area contributed by atoms with Gasteiger partial charge in [-0.2, -0.15) is 0 Å². The molecule has 0 amide bonds. The lowest BCUT2D eigenvalue weighted by Crippen LogP contribution is -2.60. The minimum Gasteiger partial charge on any atom is -0.502 e. The summed E-state index contributed by atoms with van der Waals surface area (Å²) in [5.74, 6) is 0. The van der Waals surface area contributed by atoms with E-state index in [1.807, 2.05) is 0 Å². The molecule has 22 heavy (non-hydrogen) atoms. The molecule has 0 aliphatic heterocycles. The average molecular weight is 381 g/mol. The van der Waals surface area contributed by atoms with Crippen LogP contribution < -0.4 is 0 Å². The van der Waals surface area contributed by atoms with Gasteiger partial charge in [-0.1, -0.05) is 6.58 Å². The first-order valence-corrected chi connectivity index (χ1v) is 20.2. The zero-order chi connectivity index (χ0) is 17.7. The van der Waals surface area contributed by atoms with Crippen LogP contribution in [0, 0.1) is 0 Å². The SMILES string of the molecule is C=COCCC[Si](O[Si](C)(C)C)(O[Si](C)(C)C)O[Si](C)(C)C. The normalized spacial score (nSPS) is 14.0. The first-order valence-electron chi connectivity index (χ1n) is 8.01. The molecule has 0 spiro atoms. The third-order valence-electron chi connectivity index (χ3n) is 2.25. The minimum absolute atomic E-state index is 0.636. The second-order valence-corrected chi connectivity index (χ2v) is 25.5. The van der Waals surface area contributed by atoms with Gasteiger partial charge >= 0.3 is 8.80 Å². The maximum atomic E-state index is 6.58. The lowest BCUT2D eigenvalue weighted by molar-refractivity contribution is 0.223. The van der Waals surface area contributed by atoms with E-state index in [1.165, 1.54) is 6.26 Å². The van der Waals surface area contributed by atoms with E-state index in [1.54, 1.807) is 0 Å². The largest absolute Gasteiger partial charge is 0.502 e. The summed E-state index contributed by atoms with van der Waals surface area (Å²) in [6.45, 7) is 24.1. The van der Waals surface area contributed by atoms with Gasteiger partial charge in [0, 0.05) is 6.04 Å². The third-order valence-corrected chi connectivity index (χ3v) is 14.3. The zero-order valence-electron chi connectivity index (χ0n) is 16.0. The molecule has 0 N–H and O–H groups in total. The predicted molar refractivity (Wildman–Crippen MR) is 105 cm³/mol. The number of hydrogen-bond donors (Lipinski definition) is 0. The summed E-state index contributed by atoms with van der Waals surface area (Å²) in [6, 6.07) is 0.819. The summed E-state index contributed by atoms with van der Waals surface area (Å²) < 4.78 is 25.0. The van der Waals surface area contributed by atoms with Crippen molar-refractivity contribution in [2.45, 2.75) is 71.4 Å². The van der Waals surface area contributed by atoms with Gasteiger partial charge in [0.25, 0.3) is 0 Å². The summed E-state index contributed by atoms with van der Waals surface area (Å²) in [4.78, 5) is 0. The van der Waals surface area contributed by atoms with Crippen LogP contribution >= 0.6 is 0 Å². The molecule has 0 aliphatic carbocycles. The Kier molecular flexibility index (Phi) is 8.51. The minimum atomic E-state index is -2.68. The van der Waals surface area contributed by atoms with Crippen molar-refractivity contribution in [3.8, 4) is 0 Å². The molecule has 0 fully saturated rings. The molecule has 0 radical (unpaired) electrons. The summed E-state index contributed by atoms with van der Waals surface area (Å²) in [5, 5.41) is 0. The molecule has 0 aromatic carbocycles. The highest BCUT2D eigenvalue weighted by Gasteiger charge is 2.49. The van der Waals surface area contributed by atoms with E-state index >= 15 is 0 Å². The highest BCUT2D eigenvalue weighted by atomic mass is 28.5. The first kappa shape index (κ1) is 22.3. The van der Waals surface area contributed by atoms with Crippen LogP contribution in [-0.2, 0) is 17.1 Å². The van der Waals surface area contributed by atoms with Crippen molar-refractivity contribution in [3.05, 3.63) is 12.8 Å². The Morgan fingerprint density at radius 2 is 1.09 bits per heavy atom. The van der Waals surface area contributed by atoms with Crippen molar-refractivity contribution >= 4 is 33.8 Å². The van der Waals surface area contributed by atoms with Gasteiger partial charge in [-0.3, -0.25) is 0 Å². The Morgan fingerprint density at radius 1 is 0.727 bits per heavy atom. The second kappa shape index (κ2) is 8.40. The lowest BCUT2D eigenvalue weighted by Gasteiger charge is -2.42. The second-order valence-electron chi connectivity index (χ2n) is 8.47. The summed E-state index contributed by atoms with van der Waals surface area (Å²) in [6.07, 6.45) is 2.36. The highest BCUT2D eigenvalue weighted by Crippen LogP contribution is 2.29. The zero-order valence-corrected chi connectivity index (χ0v) is 20.0. The third kappa shape index (κ3) is 11.8. The van der Waals surface area contributed by atoms with Crippen LogP contribution in [0.25, 0.3) is 0 Å². The molecule has 0 saturated carbocycles. The Morgan fingerprint density at radius 3 is 1.36 bits per heavy atom. The molecule has 4 nitrogen and oxygen atoms in total. The van der Waals surface area contributed by atoms with Crippen LogP contribution in [0.4, 0.5) is 0 Å². The maximum Gasteiger partial charge on any atom is 0.469 e. The van der Waals surface area contributed by atoms with Gasteiger partial charge in [-0.15, -0.1) is 0 Å². The molecule has 132 valence electrons. The molecular weight excluding hydrogens is 344 g/mol. The van der Waals surface area contributed by atoms with E-state index < -0.39 is 33.8 Å². The molecule has 0 atom stereocenters. The predicted octanol–water partition coefficient (Wildman–Crippen LogP) is 5.03. The van der Waals surface area contributed by atoms with E-state index in [9.17, 15) is 0 Å². The monoisotopic (exact) mass is 380 g/mol. The number of ether oxygens (including phenoxy) is 1. The molecular formula is C14H36O4Si4. The molecule has 0 unspecified atom stereocenters.